The SMILES string of the molecule is CCOC(=O)CSc1nnc(NC(=O)c2cc([N+](=O)[O-])ccc2I)s1. The first-order valence-corrected chi connectivity index (χ1v) is 9.66. The van der Waals surface area contributed by atoms with Crippen molar-refractivity contribution in [3.8, 4) is 0 Å². The maximum atomic E-state index is 12.3. The van der Waals surface area contributed by atoms with Crippen LogP contribution in [0.1, 0.15) is 17.3 Å². The summed E-state index contributed by atoms with van der Waals surface area (Å²) in [5.74, 6) is -0.787. The van der Waals surface area contributed by atoms with Crippen LogP contribution in [-0.4, -0.2) is 39.4 Å². The lowest BCUT2D eigenvalue weighted by Gasteiger charge is -2.03. The molecule has 1 N–H and O–H groups in total. The number of non-ortho nitro benzene ring substituents is 1. The molecule has 0 aliphatic heterocycles. The number of nitro benzene ring substituents is 1. The minimum Gasteiger partial charge on any atom is -0.465 e. The van der Waals surface area contributed by atoms with Gasteiger partial charge < -0.3 is 4.74 Å². The summed E-state index contributed by atoms with van der Waals surface area (Å²) in [7, 11) is 0. The Kier molecular flexibility index (Phi) is 7.07. The van der Waals surface area contributed by atoms with Crippen molar-refractivity contribution in [3.63, 3.8) is 0 Å². The van der Waals surface area contributed by atoms with E-state index in [1.165, 1.54) is 18.2 Å². The minimum atomic E-state index is -0.568. The van der Waals surface area contributed by atoms with Crippen molar-refractivity contribution >= 4 is 68.4 Å². The molecule has 0 aliphatic rings. The van der Waals surface area contributed by atoms with E-state index in [4.69, 9.17) is 4.74 Å². The lowest BCUT2D eigenvalue weighted by molar-refractivity contribution is -0.384. The van der Waals surface area contributed by atoms with Crippen LogP contribution in [0, 0.1) is 13.7 Å². The number of anilines is 1. The highest BCUT2D eigenvalue weighted by Gasteiger charge is 2.17. The van der Waals surface area contributed by atoms with Crippen molar-refractivity contribution in [2.45, 2.75) is 11.3 Å². The molecule has 132 valence electrons. The van der Waals surface area contributed by atoms with Gasteiger partial charge >= 0.3 is 5.97 Å². The maximum Gasteiger partial charge on any atom is 0.316 e. The van der Waals surface area contributed by atoms with Gasteiger partial charge in [0.25, 0.3) is 11.6 Å². The summed E-state index contributed by atoms with van der Waals surface area (Å²) in [6, 6.07) is 4.02. The summed E-state index contributed by atoms with van der Waals surface area (Å²) in [5.41, 5.74) is -0.000706. The number of hydrogen-bond acceptors (Lipinski definition) is 9. The second-order valence-corrected chi connectivity index (χ2v) is 7.70. The van der Waals surface area contributed by atoms with E-state index in [0.717, 1.165) is 23.1 Å². The molecule has 2 rings (SSSR count). The van der Waals surface area contributed by atoms with Crippen molar-refractivity contribution in [1.29, 1.82) is 0 Å². The van der Waals surface area contributed by atoms with Crippen molar-refractivity contribution < 1.29 is 19.2 Å². The Hall–Kier alpha value is -1.80. The Morgan fingerprint density at radius 2 is 2.20 bits per heavy atom. The second-order valence-electron chi connectivity index (χ2n) is 4.34. The number of hydrogen-bond donors (Lipinski definition) is 1. The number of esters is 1. The average Bonchev–Trinajstić information content (AvgIpc) is 3.00. The smallest absolute Gasteiger partial charge is 0.316 e. The monoisotopic (exact) mass is 494 g/mol. The zero-order valence-corrected chi connectivity index (χ0v) is 16.5. The van der Waals surface area contributed by atoms with E-state index in [1.807, 2.05) is 22.6 Å². The molecule has 2 aromatic rings. The fraction of sp³-hybridized carbons (Fsp3) is 0.231. The van der Waals surface area contributed by atoms with Gasteiger partial charge in [-0.15, -0.1) is 10.2 Å². The van der Waals surface area contributed by atoms with E-state index in [9.17, 15) is 19.7 Å². The molecule has 0 radical (unpaired) electrons. The minimum absolute atomic E-state index is 0.0964. The van der Waals surface area contributed by atoms with Gasteiger partial charge in [0.05, 0.1) is 22.8 Å². The van der Waals surface area contributed by atoms with E-state index >= 15 is 0 Å². The number of amides is 1. The van der Waals surface area contributed by atoms with Crippen LogP contribution in [0.5, 0.6) is 0 Å². The van der Waals surface area contributed by atoms with Crippen LogP contribution in [0.3, 0.4) is 0 Å². The number of ether oxygens (including phenoxy) is 1. The van der Waals surface area contributed by atoms with E-state index < -0.39 is 10.8 Å². The van der Waals surface area contributed by atoms with Gasteiger partial charge in [-0.25, -0.2) is 0 Å². The number of aromatic nitrogens is 2. The molecule has 0 spiro atoms. The second kappa shape index (κ2) is 9.05. The number of thioether (sulfide) groups is 1. The van der Waals surface area contributed by atoms with Crippen molar-refractivity contribution in [2.75, 3.05) is 17.7 Å². The predicted molar refractivity (Wildman–Crippen MR) is 101 cm³/mol. The fourth-order valence-corrected chi connectivity index (χ4v) is 3.73. The van der Waals surface area contributed by atoms with E-state index in [1.54, 1.807) is 6.92 Å². The molecule has 0 fully saturated rings. The summed E-state index contributed by atoms with van der Waals surface area (Å²) in [6.07, 6.45) is 0. The first-order chi connectivity index (χ1) is 11.9. The van der Waals surface area contributed by atoms with Crippen LogP contribution in [-0.2, 0) is 9.53 Å². The van der Waals surface area contributed by atoms with Crippen LogP contribution in [0.15, 0.2) is 22.5 Å². The molecule has 1 amide bonds. The number of halogens is 1. The van der Waals surface area contributed by atoms with E-state index in [2.05, 4.69) is 15.5 Å². The number of nitrogens with zero attached hydrogens (tertiary/aromatic N) is 3. The Morgan fingerprint density at radius 3 is 2.88 bits per heavy atom. The molecule has 9 nitrogen and oxygen atoms in total. The summed E-state index contributed by atoms with van der Waals surface area (Å²) >= 11 is 4.17. The Balaban J connectivity index is 2.03. The van der Waals surface area contributed by atoms with Gasteiger partial charge in [-0.2, -0.15) is 0 Å². The Bertz CT molecular complexity index is 813. The summed E-state index contributed by atoms with van der Waals surface area (Å²) in [6.45, 7) is 2.02. The number of rotatable bonds is 7. The average molecular weight is 494 g/mol. The van der Waals surface area contributed by atoms with Gasteiger partial charge in [0, 0.05) is 15.7 Å². The maximum absolute atomic E-state index is 12.3. The quantitative estimate of drug-likeness (QED) is 0.156. The molecule has 25 heavy (non-hydrogen) atoms. The van der Waals surface area contributed by atoms with Gasteiger partial charge in [0.1, 0.15) is 0 Å². The lowest BCUT2D eigenvalue weighted by Crippen LogP contribution is -2.13. The first kappa shape index (κ1) is 19.5. The van der Waals surface area contributed by atoms with E-state index in [0.29, 0.717) is 14.5 Å². The van der Waals surface area contributed by atoms with Crippen molar-refractivity contribution in [3.05, 3.63) is 37.4 Å². The predicted octanol–water partition coefficient (Wildman–Crippen LogP) is 2.96. The first-order valence-electron chi connectivity index (χ1n) is 6.78. The van der Waals surface area contributed by atoms with Crippen molar-refractivity contribution in [2.24, 2.45) is 0 Å². The highest BCUT2D eigenvalue weighted by Crippen LogP contribution is 2.27. The lowest BCUT2D eigenvalue weighted by atomic mass is 10.2. The molecule has 0 aliphatic carbocycles. The molecular weight excluding hydrogens is 483 g/mol. The normalized spacial score (nSPS) is 10.3. The standard InChI is InChI=1S/C13H11IN4O5S2/c1-2-23-10(19)6-24-13-17-16-12(25-13)15-11(20)8-5-7(18(21)22)3-4-9(8)14/h3-5H,2,6H2,1H3,(H,15,16,20). The fourth-order valence-electron chi connectivity index (χ4n) is 1.61. The van der Waals surface area contributed by atoms with Crippen LogP contribution in [0.4, 0.5) is 10.8 Å². The summed E-state index contributed by atoms with van der Waals surface area (Å²) in [5, 5.41) is 21.3. The molecule has 0 bridgehead atoms. The van der Waals surface area contributed by atoms with Crippen LogP contribution in [0.25, 0.3) is 0 Å². The molecule has 1 heterocycles. The highest BCUT2D eigenvalue weighted by molar-refractivity contribution is 14.1. The third-order valence-corrected chi connectivity index (χ3v) is 5.54. The molecule has 1 aromatic carbocycles. The van der Waals surface area contributed by atoms with Gasteiger partial charge in [0.15, 0.2) is 4.34 Å². The number of nitro groups is 1. The van der Waals surface area contributed by atoms with E-state index in [-0.39, 0.29) is 28.1 Å². The van der Waals surface area contributed by atoms with Gasteiger partial charge in [0.2, 0.25) is 5.13 Å². The molecular formula is C13H11IN4O5S2. The van der Waals surface area contributed by atoms with Crippen LogP contribution >= 0.6 is 45.7 Å². The molecule has 0 saturated heterocycles. The zero-order chi connectivity index (χ0) is 18.4. The number of carbonyl (C=O) groups is 2. The number of benzene rings is 1. The van der Waals surface area contributed by atoms with Crippen LogP contribution in [0.2, 0.25) is 0 Å². The van der Waals surface area contributed by atoms with Crippen molar-refractivity contribution in [1.82, 2.24) is 10.2 Å². The highest BCUT2D eigenvalue weighted by atomic mass is 127. The summed E-state index contributed by atoms with van der Waals surface area (Å²) in [4.78, 5) is 33.9. The number of nitrogens with one attached hydrogen (secondary N) is 1. The molecule has 0 saturated carbocycles. The molecule has 0 atom stereocenters. The molecule has 1 aromatic heterocycles. The van der Waals surface area contributed by atoms with Crippen LogP contribution < -0.4 is 5.32 Å². The van der Waals surface area contributed by atoms with Gasteiger partial charge in [-0.3, -0.25) is 25.0 Å². The Morgan fingerprint density at radius 1 is 1.44 bits per heavy atom. The third-order valence-electron chi connectivity index (χ3n) is 2.65. The molecule has 12 heteroatoms. The Labute approximate surface area is 163 Å². The van der Waals surface area contributed by atoms with Gasteiger partial charge in [-0.1, -0.05) is 23.1 Å². The number of carbonyl (C=O) groups excluding carboxylic acids is 2. The third kappa shape index (κ3) is 5.61. The molecule has 0 unspecified atom stereocenters. The van der Waals surface area contributed by atoms with Gasteiger partial charge in [-0.05, 0) is 35.6 Å². The largest absolute Gasteiger partial charge is 0.465 e. The topological polar surface area (TPSA) is 124 Å². The summed E-state index contributed by atoms with van der Waals surface area (Å²) < 4.78 is 5.88. The zero-order valence-electron chi connectivity index (χ0n) is 12.7.